The van der Waals surface area contributed by atoms with E-state index in [9.17, 15) is 0 Å². The van der Waals surface area contributed by atoms with Gasteiger partial charge in [0.2, 0.25) is 0 Å². The van der Waals surface area contributed by atoms with E-state index >= 15 is 0 Å². The van der Waals surface area contributed by atoms with E-state index < -0.39 is 0 Å². The van der Waals surface area contributed by atoms with E-state index in [0.717, 1.165) is 11.0 Å². The maximum Gasteiger partial charge on any atom is 0.0963 e. The maximum absolute atomic E-state index is 4.69. The van der Waals surface area contributed by atoms with Gasteiger partial charge in [-0.3, -0.25) is 4.98 Å². The van der Waals surface area contributed by atoms with Crippen molar-refractivity contribution in [1.29, 1.82) is 0 Å². The van der Waals surface area contributed by atoms with Gasteiger partial charge in [0.1, 0.15) is 0 Å². The monoisotopic (exact) mass is 698 g/mol. The molecule has 8 rings (SSSR count). The molecule has 0 aliphatic carbocycles. The summed E-state index contributed by atoms with van der Waals surface area (Å²) in [4.78, 5) is 4.69. The van der Waals surface area contributed by atoms with Crippen molar-refractivity contribution in [3.8, 4) is 5.69 Å². The average Bonchev–Trinajstić information content (AvgIpc) is 3.32. The summed E-state index contributed by atoms with van der Waals surface area (Å²) in [5.74, 6) is 0. The second-order valence-electron chi connectivity index (χ2n) is 9.14. The molecule has 0 fully saturated rings. The van der Waals surface area contributed by atoms with Crippen LogP contribution < -0.4 is 0 Å². The number of rotatable bonds is 2. The average molecular weight is 698 g/mol. The molecular formula is C33H20I2N2. The van der Waals surface area contributed by atoms with Crippen LogP contribution in [0.3, 0.4) is 0 Å². The van der Waals surface area contributed by atoms with Crippen LogP contribution in [0, 0.1) is 7.14 Å². The molecule has 4 heterocycles. The summed E-state index contributed by atoms with van der Waals surface area (Å²) < 4.78 is 9.34. The Morgan fingerprint density at radius 3 is 2.22 bits per heavy atom. The predicted octanol–water partition coefficient (Wildman–Crippen LogP) is 8.69. The van der Waals surface area contributed by atoms with Crippen molar-refractivity contribution >= 4 is 93.8 Å². The van der Waals surface area contributed by atoms with Gasteiger partial charge >= 0.3 is 0 Å². The second-order valence-corrected chi connectivity index (χ2v) is 14.3. The van der Waals surface area contributed by atoms with Gasteiger partial charge < -0.3 is 4.57 Å². The summed E-state index contributed by atoms with van der Waals surface area (Å²) >= 11 is -0.376. The van der Waals surface area contributed by atoms with E-state index in [1.54, 1.807) is 7.14 Å². The van der Waals surface area contributed by atoms with Crippen LogP contribution in [0.15, 0.2) is 103 Å². The lowest BCUT2D eigenvalue weighted by molar-refractivity contribution is 1.17. The van der Waals surface area contributed by atoms with Gasteiger partial charge in [0, 0.05) is 27.9 Å². The molecule has 0 radical (unpaired) electrons. The van der Waals surface area contributed by atoms with Crippen LogP contribution in [0.4, 0.5) is 0 Å². The van der Waals surface area contributed by atoms with Crippen LogP contribution >= 0.6 is 41.5 Å². The molecule has 4 aromatic carbocycles. The fourth-order valence-electron chi connectivity index (χ4n) is 5.44. The molecule has 2 nitrogen and oxygen atoms in total. The van der Waals surface area contributed by atoms with Crippen LogP contribution in [-0.4, -0.2) is 17.1 Å². The van der Waals surface area contributed by atoms with Gasteiger partial charge in [-0.05, 0) is 67.9 Å². The van der Waals surface area contributed by atoms with Crippen LogP contribution in [0.1, 0.15) is 16.7 Å². The van der Waals surface area contributed by atoms with E-state index in [1.165, 1.54) is 47.6 Å². The van der Waals surface area contributed by atoms with Gasteiger partial charge in [0.05, 0.1) is 16.6 Å². The number of para-hydroxylation sites is 1. The third kappa shape index (κ3) is 3.38. The highest BCUT2D eigenvalue weighted by Crippen LogP contribution is 2.41. The Bertz CT molecular complexity index is 1970. The number of benzene rings is 4. The molecule has 0 saturated carbocycles. The molecule has 0 bridgehead atoms. The minimum absolute atomic E-state index is 0.0754. The topological polar surface area (TPSA) is 17.8 Å². The summed E-state index contributed by atoms with van der Waals surface area (Å²) in [6.07, 6.45) is 11.2. The molecule has 2 aliphatic rings. The van der Waals surface area contributed by atoms with E-state index in [2.05, 4.69) is 117 Å². The summed E-state index contributed by atoms with van der Waals surface area (Å²) in [5, 5.41) is 4.12. The lowest BCUT2D eigenvalue weighted by atomic mass is 9.99. The third-order valence-electron chi connectivity index (χ3n) is 7.09. The molecule has 6 aromatic rings. The van der Waals surface area contributed by atoms with Crippen molar-refractivity contribution in [2.75, 3.05) is 0 Å². The Morgan fingerprint density at radius 2 is 1.35 bits per heavy atom. The normalized spacial score (nSPS) is 14.2. The van der Waals surface area contributed by atoms with E-state index in [4.69, 9.17) is 0 Å². The molecular weight excluding hydrogens is 678 g/mol. The Labute approximate surface area is 234 Å². The molecule has 4 heteroatoms. The molecule has 176 valence electrons. The van der Waals surface area contributed by atoms with E-state index in [0.29, 0.717) is 0 Å². The summed E-state index contributed by atoms with van der Waals surface area (Å²) in [6.45, 7) is 0. The van der Waals surface area contributed by atoms with Gasteiger partial charge in [-0.2, -0.15) is 0 Å². The second kappa shape index (κ2) is 8.67. The molecule has 0 unspecified atom stereocenters. The fraction of sp³-hybridized carbons (Fsp3) is 0. The van der Waals surface area contributed by atoms with Crippen molar-refractivity contribution in [1.82, 2.24) is 9.55 Å². The molecule has 0 spiro atoms. The third-order valence-corrected chi connectivity index (χ3v) is 12.9. The van der Waals surface area contributed by atoms with Crippen molar-refractivity contribution in [3.05, 3.63) is 127 Å². The number of aromatic nitrogens is 2. The highest BCUT2D eigenvalue weighted by Gasteiger charge is 2.19. The highest BCUT2D eigenvalue weighted by atomic mass is 127. The zero-order valence-corrected chi connectivity index (χ0v) is 24.0. The van der Waals surface area contributed by atoms with Crippen molar-refractivity contribution in [2.24, 2.45) is 0 Å². The van der Waals surface area contributed by atoms with E-state index in [-0.39, 0.29) is 41.5 Å². The number of allylic oxidation sites excluding steroid dienone is 2. The van der Waals surface area contributed by atoms with Gasteiger partial charge in [-0.25, -0.2) is 0 Å². The molecule has 0 N–H and O–H groups in total. The molecule has 0 atom stereocenters. The molecule has 0 amide bonds. The molecule has 2 aliphatic heterocycles. The minimum atomic E-state index is -0.301. The van der Waals surface area contributed by atoms with Crippen molar-refractivity contribution in [2.45, 2.75) is 0 Å². The van der Waals surface area contributed by atoms with Crippen LogP contribution in [-0.2, 0) is 0 Å². The van der Waals surface area contributed by atoms with Gasteiger partial charge in [0.25, 0.3) is 0 Å². The Balaban J connectivity index is 1.27. The lowest BCUT2D eigenvalue weighted by Crippen LogP contribution is -2.03. The maximum atomic E-state index is 4.69. The first-order chi connectivity index (χ1) is 18.4. The quantitative estimate of drug-likeness (QED) is 0.166. The minimum Gasteiger partial charge on any atom is -0.308 e. The van der Waals surface area contributed by atoms with E-state index in [1.807, 2.05) is 12.3 Å². The first-order valence-corrected chi connectivity index (χ1v) is 16.7. The molecule has 2 aromatic heterocycles. The largest absolute Gasteiger partial charge is 0.308 e. The standard InChI is InChI=1S/C33H20I2N2/c1-2-8-25-23(7-1)31-24(10-5-19-34-31)26-17-18-28(35-32(25)26)21-13-15-22(16-14-21)37-29-11-4-3-9-27(29)33-30(37)12-6-20-36-33/h1-20H. The summed E-state index contributed by atoms with van der Waals surface area (Å²) in [5.41, 5.74) is 8.83. The van der Waals surface area contributed by atoms with Crippen LogP contribution in [0.5, 0.6) is 0 Å². The summed E-state index contributed by atoms with van der Waals surface area (Å²) in [6, 6.07) is 30.9. The zero-order valence-electron chi connectivity index (χ0n) is 19.7. The number of nitrogens with zero attached hydrogens (tertiary/aromatic N) is 2. The number of hydrogen-bond acceptors (Lipinski definition) is 1. The van der Waals surface area contributed by atoms with Crippen molar-refractivity contribution in [3.63, 3.8) is 0 Å². The fourth-order valence-corrected chi connectivity index (χ4v) is 11.0. The Morgan fingerprint density at radius 1 is 0.622 bits per heavy atom. The predicted molar refractivity (Wildman–Crippen MR) is 176 cm³/mol. The van der Waals surface area contributed by atoms with Gasteiger partial charge in [-0.15, -0.1) is 0 Å². The van der Waals surface area contributed by atoms with Gasteiger partial charge in [-0.1, -0.05) is 114 Å². The SMILES string of the molecule is C1=Cc2c3c(c4ccccc4c2I=C1)I=C(c1ccc(-n2c4ccccc4c4ncccc42)cc1)C=C3. The zero-order chi connectivity index (χ0) is 24.3. The van der Waals surface area contributed by atoms with Gasteiger partial charge in [0.15, 0.2) is 0 Å². The summed E-state index contributed by atoms with van der Waals surface area (Å²) in [7, 11) is 0. The van der Waals surface area contributed by atoms with Crippen LogP contribution in [0.25, 0.3) is 50.5 Å². The first kappa shape index (κ1) is 21.8. The smallest absolute Gasteiger partial charge is 0.0963 e. The number of halogens is 2. The first-order valence-electron chi connectivity index (χ1n) is 12.2. The highest BCUT2D eigenvalue weighted by molar-refractivity contribution is 14.2. The molecule has 37 heavy (non-hydrogen) atoms. The Hall–Kier alpha value is -3.23. The number of hydrogen-bond donors (Lipinski definition) is 0. The Kier molecular flexibility index (Phi) is 5.11. The lowest BCUT2D eigenvalue weighted by Gasteiger charge is -2.20. The van der Waals surface area contributed by atoms with Crippen molar-refractivity contribution < 1.29 is 0 Å². The molecule has 0 saturated heterocycles. The van der Waals surface area contributed by atoms with Crippen LogP contribution in [0.2, 0.25) is 0 Å². The number of fused-ring (bicyclic) bond motifs is 9. The number of pyridine rings is 1.